The van der Waals surface area contributed by atoms with Crippen molar-refractivity contribution in [3.63, 3.8) is 0 Å². The first-order valence-electron chi connectivity index (χ1n) is 8.87. The van der Waals surface area contributed by atoms with Crippen LogP contribution in [0.15, 0.2) is 4.99 Å². The second-order valence-electron chi connectivity index (χ2n) is 7.19. The fraction of sp³-hybridized carbons (Fsp3) is 0.882. The number of hydrogen-bond donors (Lipinski definition) is 2. The highest BCUT2D eigenvalue weighted by atomic mass is 127. The molecule has 2 fully saturated rings. The van der Waals surface area contributed by atoms with Gasteiger partial charge < -0.3 is 20.3 Å². The van der Waals surface area contributed by atoms with Crippen molar-refractivity contribution in [3.8, 4) is 0 Å². The van der Waals surface area contributed by atoms with Gasteiger partial charge in [0.05, 0.1) is 5.60 Å². The van der Waals surface area contributed by atoms with Crippen molar-refractivity contribution in [2.75, 3.05) is 33.8 Å². The standard InChI is InChI=1S/C17H32N4O2.HI/c1-17(10-7-11-23-17)13-19-16(18-12-15(22)21(2)3)20-14-8-5-4-6-9-14;/h14H,4-13H2,1-3H3,(H2,18,19,20);1H. The van der Waals surface area contributed by atoms with Crippen LogP contribution in [0.1, 0.15) is 51.9 Å². The Balaban J connectivity index is 0.00000288. The van der Waals surface area contributed by atoms with Crippen LogP contribution < -0.4 is 10.6 Å². The third-order valence-electron chi connectivity index (χ3n) is 4.75. The number of nitrogens with zero attached hydrogens (tertiary/aromatic N) is 2. The predicted molar refractivity (Wildman–Crippen MR) is 108 cm³/mol. The van der Waals surface area contributed by atoms with E-state index in [-0.39, 0.29) is 42.0 Å². The zero-order chi connectivity index (χ0) is 16.7. The molecule has 1 atom stereocenters. The van der Waals surface area contributed by atoms with E-state index in [1.54, 1.807) is 19.0 Å². The Bertz CT molecular complexity index is 417. The van der Waals surface area contributed by atoms with Crippen LogP contribution in [0.5, 0.6) is 0 Å². The quantitative estimate of drug-likeness (QED) is 0.381. The van der Waals surface area contributed by atoms with Crippen LogP contribution in [-0.2, 0) is 9.53 Å². The highest BCUT2D eigenvalue weighted by Gasteiger charge is 2.30. The number of amides is 1. The fourth-order valence-electron chi connectivity index (χ4n) is 3.13. The molecule has 24 heavy (non-hydrogen) atoms. The maximum absolute atomic E-state index is 11.8. The summed E-state index contributed by atoms with van der Waals surface area (Å²) >= 11 is 0. The minimum atomic E-state index is -0.124. The first-order chi connectivity index (χ1) is 11.0. The Morgan fingerprint density at radius 2 is 1.96 bits per heavy atom. The van der Waals surface area contributed by atoms with E-state index in [0.29, 0.717) is 6.04 Å². The molecular weight excluding hydrogens is 419 g/mol. The largest absolute Gasteiger partial charge is 0.373 e. The summed E-state index contributed by atoms with van der Waals surface area (Å²) in [4.78, 5) is 17.9. The summed E-state index contributed by atoms with van der Waals surface area (Å²) in [6.45, 7) is 3.87. The van der Waals surface area contributed by atoms with E-state index >= 15 is 0 Å². The summed E-state index contributed by atoms with van der Waals surface area (Å²) in [5.41, 5.74) is -0.124. The molecule has 7 heteroatoms. The lowest BCUT2D eigenvalue weighted by atomic mass is 9.96. The molecule has 2 aliphatic rings. The van der Waals surface area contributed by atoms with Gasteiger partial charge >= 0.3 is 0 Å². The maximum Gasteiger partial charge on any atom is 0.243 e. The molecule has 1 aliphatic heterocycles. The number of ether oxygens (including phenoxy) is 1. The predicted octanol–water partition coefficient (Wildman–Crippen LogP) is 2.13. The molecule has 1 heterocycles. The summed E-state index contributed by atoms with van der Waals surface area (Å²) in [7, 11) is 3.51. The van der Waals surface area contributed by atoms with Crippen molar-refractivity contribution in [1.29, 1.82) is 0 Å². The highest BCUT2D eigenvalue weighted by Crippen LogP contribution is 2.24. The lowest BCUT2D eigenvalue weighted by Crippen LogP contribution is -2.49. The van der Waals surface area contributed by atoms with E-state index in [1.165, 1.54) is 32.1 Å². The number of halogens is 1. The molecule has 1 saturated carbocycles. The number of likely N-dealkylation sites (N-methyl/N-ethyl adjacent to an activating group) is 1. The molecule has 1 unspecified atom stereocenters. The molecule has 0 radical (unpaired) electrons. The smallest absolute Gasteiger partial charge is 0.243 e. The van der Waals surface area contributed by atoms with Crippen molar-refractivity contribution in [3.05, 3.63) is 0 Å². The molecule has 0 spiro atoms. The first kappa shape index (κ1) is 21.5. The molecule has 140 valence electrons. The minimum Gasteiger partial charge on any atom is -0.373 e. The monoisotopic (exact) mass is 452 g/mol. The van der Waals surface area contributed by atoms with Gasteiger partial charge in [-0.3, -0.25) is 4.79 Å². The van der Waals surface area contributed by atoms with Crippen molar-refractivity contribution in [1.82, 2.24) is 15.5 Å². The van der Waals surface area contributed by atoms with E-state index < -0.39 is 0 Å². The van der Waals surface area contributed by atoms with Crippen LogP contribution in [-0.4, -0.2) is 62.2 Å². The number of carbonyl (C=O) groups excluding carboxylic acids is 1. The Labute approximate surface area is 163 Å². The van der Waals surface area contributed by atoms with Crippen LogP contribution in [0.25, 0.3) is 0 Å². The molecule has 1 aliphatic carbocycles. The summed E-state index contributed by atoms with van der Waals surface area (Å²) in [5, 5.41) is 6.89. The molecule has 0 aromatic carbocycles. The van der Waals surface area contributed by atoms with Gasteiger partial charge in [0.2, 0.25) is 5.91 Å². The molecule has 2 rings (SSSR count). The van der Waals surface area contributed by atoms with Crippen molar-refractivity contribution in [2.24, 2.45) is 4.99 Å². The van der Waals surface area contributed by atoms with E-state index in [0.717, 1.165) is 32.0 Å². The van der Waals surface area contributed by atoms with Gasteiger partial charge in [0.25, 0.3) is 0 Å². The van der Waals surface area contributed by atoms with Crippen molar-refractivity contribution in [2.45, 2.75) is 63.5 Å². The summed E-state index contributed by atoms with van der Waals surface area (Å²) in [6, 6.07) is 0.460. The molecule has 1 saturated heterocycles. The van der Waals surface area contributed by atoms with Crippen LogP contribution >= 0.6 is 24.0 Å². The van der Waals surface area contributed by atoms with Crippen LogP contribution in [0.4, 0.5) is 0 Å². The second-order valence-corrected chi connectivity index (χ2v) is 7.19. The highest BCUT2D eigenvalue weighted by molar-refractivity contribution is 14.0. The third kappa shape index (κ3) is 7.13. The Morgan fingerprint density at radius 1 is 1.25 bits per heavy atom. The van der Waals surface area contributed by atoms with Crippen LogP contribution in [0.3, 0.4) is 0 Å². The number of nitrogens with one attached hydrogen (secondary N) is 2. The van der Waals surface area contributed by atoms with Crippen molar-refractivity contribution < 1.29 is 9.53 Å². The van der Waals surface area contributed by atoms with E-state index in [9.17, 15) is 4.79 Å². The van der Waals surface area contributed by atoms with Crippen LogP contribution in [0, 0.1) is 0 Å². The number of carbonyl (C=O) groups is 1. The fourth-order valence-corrected chi connectivity index (χ4v) is 3.13. The lowest BCUT2D eigenvalue weighted by Gasteiger charge is -2.28. The average molecular weight is 452 g/mol. The van der Waals surface area contributed by atoms with Gasteiger partial charge in [-0.15, -0.1) is 24.0 Å². The summed E-state index contributed by atoms with van der Waals surface area (Å²) in [6.07, 6.45) is 8.38. The first-order valence-corrected chi connectivity index (χ1v) is 8.87. The SMILES string of the molecule is CN(C)C(=O)CN=C(NCC1(C)CCCO1)NC1CCCCC1.I. The Kier molecular flexibility index (Phi) is 9.33. The van der Waals surface area contributed by atoms with Gasteiger partial charge in [-0.2, -0.15) is 0 Å². The second kappa shape index (κ2) is 10.4. The molecular formula is C17H33IN4O2. The van der Waals surface area contributed by atoms with E-state index in [1.807, 2.05) is 0 Å². The Hall–Kier alpha value is -0.570. The minimum absolute atomic E-state index is 0. The number of guanidine groups is 1. The molecule has 0 bridgehead atoms. The van der Waals surface area contributed by atoms with Crippen molar-refractivity contribution >= 4 is 35.8 Å². The topological polar surface area (TPSA) is 66.0 Å². The number of rotatable bonds is 5. The normalized spacial score (nSPS) is 25.0. The van der Waals surface area contributed by atoms with Gasteiger partial charge in [0, 0.05) is 33.3 Å². The maximum atomic E-state index is 11.8. The van der Waals surface area contributed by atoms with E-state index in [4.69, 9.17) is 4.74 Å². The van der Waals surface area contributed by atoms with Gasteiger partial charge in [-0.25, -0.2) is 4.99 Å². The van der Waals surface area contributed by atoms with E-state index in [2.05, 4.69) is 22.5 Å². The molecule has 0 aromatic rings. The Morgan fingerprint density at radius 3 is 2.54 bits per heavy atom. The number of aliphatic imine (C=N–C) groups is 1. The van der Waals surface area contributed by atoms with Gasteiger partial charge in [-0.1, -0.05) is 19.3 Å². The lowest BCUT2D eigenvalue weighted by molar-refractivity contribution is -0.127. The zero-order valence-corrected chi connectivity index (χ0v) is 17.6. The summed E-state index contributed by atoms with van der Waals surface area (Å²) < 4.78 is 5.82. The zero-order valence-electron chi connectivity index (χ0n) is 15.3. The third-order valence-corrected chi connectivity index (χ3v) is 4.75. The van der Waals surface area contributed by atoms with Crippen LogP contribution in [0.2, 0.25) is 0 Å². The van der Waals surface area contributed by atoms with Gasteiger partial charge in [0.1, 0.15) is 6.54 Å². The summed E-state index contributed by atoms with van der Waals surface area (Å²) in [5.74, 6) is 0.752. The molecule has 0 aromatic heterocycles. The molecule has 6 nitrogen and oxygen atoms in total. The molecule has 1 amide bonds. The average Bonchev–Trinajstić information content (AvgIpc) is 2.97. The molecule has 2 N–H and O–H groups in total. The van der Waals surface area contributed by atoms with Gasteiger partial charge in [-0.05, 0) is 32.6 Å². The number of hydrogen-bond acceptors (Lipinski definition) is 3. The van der Waals surface area contributed by atoms with Gasteiger partial charge in [0.15, 0.2) is 5.96 Å².